The van der Waals surface area contributed by atoms with E-state index in [0.717, 1.165) is 17.3 Å². The number of rotatable bonds is 3. The Kier molecular flexibility index (Phi) is 3.98. The number of hydrogen-bond donors (Lipinski definition) is 1. The minimum absolute atomic E-state index is 0.229. The molecule has 0 aliphatic rings. The molecule has 0 fully saturated rings. The van der Waals surface area contributed by atoms with Crippen LogP contribution in [0.2, 0.25) is 5.02 Å². The molecule has 3 heteroatoms. The van der Waals surface area contributed by atoms with Crippen LogP contribution in [0.25, 0.3) is 0 Å². The molecule has 96 valence electrons. The monoisotopic (exact) mass is 279 g/mol. The van der Waals surface area contributed by atoms with Gasteiger partial charge in [0.05, 0.1) is 10.7 Å². The molecule has 1 N–H and O–H groups in total. The summed E-state index contributed by atoms with van der Waals surface area (Å²) >= 11 is 7.97. The Balaban J connectivity index is 2.03. The zero-order valence-electron chi connectivity index (χ0n) is 11.0. The van der Waals surface area contributed by atoms with Gasteiger partial charge >= 0.3 is 0 Å². The predicted octanol–water partition coefficient (Wildman–Crippen LogP) is 5.31. The van der Waals surface area contributed by atoms with Crippen molar-refractivity contribution >= 4 is 28.6 Å². The van der Waals surface area contributed by atoms with E-state index in [0.29, 0.717) is 0 Å². The fourth-order valence-corrected chi connectivity index (χ4v) is 2.87. The van der Waals surface area contributed by atoms with E-state index >= 15 is 0 Å². The number of benzene rings is 1. The molecule has 1 aromatic carbocycles. The van der Waals surface area contributed by atoms with Crippen LogP contribution in [0.4, 0.5) is 5.69 Å². The van der Waals surface area contributed by atoms with Gasteiger partial charge < -0.3 is 5.32 Å². The lowest BCUT2D eigenvalue weighted by Crippen LogP contribution is -2.07. The van der Waals surface area contributed by atoms with Crippen LogP contribution in [-0.4, -0.2) is 0 Å². The van der Waals surface area contributed by atoms with Gasteiger partial charge in [-0.05, 0) is 29.7 Å². The topological polar surface area (TPSA) is 12.0 Å². The summed E-state index contributed by atoms with van der Waals surface area (Å²) in [6.45, 7) is 7.54. The van der Waals surface area contributed by atoms with Gasteiger partial charge in [0.2, 0.25) is 0 Å². The average Bonchev–Trinajstić information content (AvgIpc) is 2.76. The number of hydrogen-bond acceptors (Lipinski definition) is 2. The molecule has 0 saturated carbocycles. The third-order valence-electron chi connectivity index (χ3n) is 2.73. The fraction of sp³-hybridized carbons (Fsp3) is 0.333. The summed E-state index contributed by atoms with van der Waals surface area (Å²) in [5, 5.41) is 4.14. The van der Waals surface area contributed by atoms with E-state index in [1.165, 1.54) is 9.75 Å². The van der Waals surface area contributed by atoms with Crippen LogP contribution < -0.4 is 5.32 Å². The molecule has 1 heterocycles. The Hall–Kier alpha value is -0.990. The molecule has 1 aromatic heterocycles. The first-order valence-electron chi connectivity index (χ1n) is 6.04. The highest BCUT2D eigenvalue weighted by atomic mass is 35.5. The van der Waals surface area contributed by atoms with Gasteiger partial charge in [-0.2, -0.15) is 0 Å². The van der Waals surface area contributed by atoms with Crippen molar-refractivity contribution in [3.8, 4) is 0 Å². The first-order valence-corrected chi connectivity index (χ1v) is 7.24. The Morgan fingerprint density at radius 1 is 1.11 bits per heavy atom. The second-order valence-electron chi connectivity index (χ2n) is 5.35. The van der Waals surface area contributed by atoms with Gasteiger partial charge in [-0.25, -0.2) is 0 Å². The van der Waals surface area contributed by atoms with Crippen molar-refractivity contribution in [3.05, 3.63) is 51.2 Å². The molecule has 0 aliphatic heterocycles. The van der Waals surface area contributed by atoms with E-state index in [-0.39, 0.29) is 5.41 Å². The lowest BCUT2D eigenvalue weighted by atomic mass is 9.95. The van der Waals surface area contributed by atoms with E-state index in [2.05, 4.69) is 38.2 Å². The van der Waals surface area contributed by atoms with Crippen LogP contribution >= 0.6 is 22.9 Å². The zero-order valence-corrected chi connectivity index (χ0v) is 12.5. The highest BCUT2D eigenvalue weighted by molar-refractivity contribution is 7.12. The van der Waals surface area contributed by atoms with Crippen molar-refractivity contribution in [2.45, 2.75) is 32.7 Å². The van der Waals surface area contributed by atoms with Crippen molar-refractivity contribution < 1.29 is 0 Å². The SMILES string of the molecule is CC(C)(C)c1ccc(CNc2ccccc2Cl)s1. The summed E-state index contributed by atoms with van der Waals surface area (Å²) < 4.78 is 0. The van der Waals surface area contributed by atoms with Gasteiger partial charge in [-0.1, -0.05) is 44.5 Å². The minimum Gasteiger partial charge on any atom is -0.379 e. The highest BCUT2D eigenvalue weighted by Crippen LogP contribution is 2.30. The van der Waals surface area contributed by atoms with Gasteiger partial charge in [-0.3, -0.25) is 0 Å². The molecule has 0 atom stereocenters. The van der Waals surface area contributed by atoms with Crippen LogP contribution in [0, 0.1) is 0 Å². The smallest absolute Gasteiger partial charge is 0.0637 e. The molecule has 0 aliphatic carbocycles. The maximum atomic E-state index is 6.11. The molecule has 18 heavy (non-hydrogen) atoms. The van der Waals surface area contributed by atoms with Crippen LogP contribution in [0.1, 0.15) is 30.5 Å². The number of anilines is 1. The van der Waals surface area contributed by atoms with Crippen LogP contribution in [0.15, 0.2) is 36.4 Å². The van der Waals surface area contributed by atoms with Gasteiger partial charge in [0.25, 0.3) is 0 Å². The molecule has 0 amide bonds. The Bertz CT molecular complexity index is 525. The number of para-hydroxylation sites is 1. The lowest BCUT2D eigenvalue weighted by molar-refractivity contribution is 0.604. The first kappa shape index (κ1) is 13.4. The summed E-state index contributed by atoms with van der Waals surface area (Å²) in [6, 6.07) is 12.2. The van der Waals surface area contributed by atoms with E-state index < -0.39 is 0 Å². The number of nitrogens with one attached hydrogen (secondary N) is 1. The first-order chi connectivity index (χ1) is 8.47. The molecule has 0 radical (unpaired) electrons. The third kappa shape index (κ3) is 3.27. The summed E-state index contributed by atoms with van der Waals surface area (Å²) in [4.78, 5) is 2.75. The lowest BCUT2D eigenvalue weighted by Gasteiger charge is -2.15. The van der Waals surface area contributed by atoms with Gasteiger partial charge in [-0.15, -0.1) is 11.3 Å². The summed E-state index contributed by atoms with van der Waals surface area (Å²) in [7, 11) is 0. The van der Waals surface area contributed by atoms with E-state index in [1.807, 2.05) is 35.6 Å². The summed E-state index contributed by atoms with van der Waals surface area (Å²) in [5.41, 5.74) is 1.22. The Morgan fingerprint density at radius 3 is 2.44 bits per heavy atom. The summed E-state index contributed by atoms with van der Waals surface area (Å²) in [6.07, 6.45) is 0. The highest BCUT2D eigenvalue weighted by Gasteiger charge is 2.15. The van der Waals surface area contributed by atoms with Crippen molar-refractivity contribution in [1.29, 1.82) is 0 Å². The molecule has 0 saturated heterocycles. The second-order valence-corrected chi connectivity index (χ2v) is 6.92. The largest absolute Gasteiger partial charge is 0.379 e. The molecule has 0 unspecified atom stereocenters. The van der Waals surface area contributed by atoms with Crippen molar-refractivity contribution in [2.75, 3.05) is 5.32 Å². The second kappa shape index (κ2) is 5.33. The minimum atomic E-state index is 0.229. The van der Waals surface area contributed by atoms with E-state index in [4.69, 9.17) is 11.6 Å². The molecule has 2 aromatic rings. The standard InChI is InChI=1S/C15H18ClNS/c1-15(2,3)14-9-8-11(18-14)10-17-13-7-5-4-6-12(13)16/h4-9,17H,10H2,1-3H3. The van der Waals surface area contributed by atoms with Crippen LogP contribution in [0.3, 0.4) is 0 Å². The van der Waals surface area contributed by atoms with Gasteiger partial charge in [0.1, 0.15) is 0 Å². The van der Waals surface area contributed by atoms with Crippen LogP contribution in [-0.2, 0) is 12.0 Å². The molecule has 0 bridgehead atoms. The molecule has 1 nitrogen and oxygen atoms in total. The summed E-state index contributed by atoms with van der Waals surface area (Å²) in [5.74, 6) is 0. The predicted molar refractivity (Wildman–Crippen MR) is 81.8 cm³/mol. The normalized spacial score (nSPS) is 11.6. The fourth-order valence-electron chi connectivity index (χ4n) is 1.66. The quantitative estimate of drug-likeness (QED) is 0.803. The van der Waals surface area contributed by atoms with Crippen molar-refractivity contribution in [3.63, 3.8) is 0 Å². The molecular formula is C15H18ClNS. The average molecular weight is 280 g/mol. The maximum absolute atomic E-state index is 6.11. The molecule has 0 spiro atoms. The number of halogens is 1. The van der Waals surface area contributed by atoms with E-state index in [9.17, 15) is 0 Å². The molecular weight excluding hydrogens is 262 g/mol. The zero-order chi connectivity index (χ0) is 13.2. The van der Waals surface area contributed by atoms with Crippen molar-refractivity contribution in [1.82, 2.24) is 0 Å². The molecule has 2 rings (SSSR count). The van der Waals surface area contributed by atoms with Crippen molar-refractivity contribution in [2.24, 2.45) is 0 Å². The third-order valence-corrected chi connectivity index (χ3v) is 4.57. The Labute approximate surface area is 118 Å². The van der Waals surface area contributed by atoms with Gasteiger partial charge in [0.15, 0.2) is 0 Å². The van der Waals surface area contributed by atoms with Crippen LogP contribution in [0.5, 0.6) is 0 Å². The van der Waals surface area contributed by atoms with E-state index in [1.54, 1.807) is 0 Å². The van der Waals surface area contributed by atoms with Gasteiger partial charge in [0, 0.05) is 16.3 Å². The Morgan fingerprint density at radius 2 is 1.83 bits per heavy atom. The number of thiophene rings is 1. The maximum Gasteiger partial charge on any atom is 0.0637 e.